The molecule has 0 bridgehead atoms. The third-order valence-electron chi connectivity index (χ3n) is 11.4. The molecule has 0 fully saturated rings. The molecule has 0 N–H and O–H groups in total. The summed E-state index contributed by atoms with van der Waals surface area (Å²) < 4.78 is 6.93. The summed E-state index contributed by atoms with van der Waals surface area (Å²) in [5.74, 6) is 0. The topological polar surface area (TPSA) is 16.4 Å². The van der Waals surface area contributed by atoms with Crippen molar-refractivity contribution in [2.75, 3.05) is 4.90 Å². The molecule has 11 rings (SSSR count). The predicted molar refractivity (Wildman–Crippen MR) is 245 cm³/mol. The number of rotatable bonds is 7. The van der Waals surface area contributed by atoms with Gasteiger partial charge in [-0.3, -0.25) is 0 Å². The molecular weight excluding hydrogens is 703 g/mol. The molecule has 0 aliphatic carbocycles. The number of anilines is 3. The zero-order chi connectivity index (χ0) is 38.4. The molecule has 0 atom stereocenters. The summed E-state index contributed by atoms with van der Waals surface area (Å²) in [6, 6.07) is 80.7. The fourth-order valence-electron chi connectivity index (χ4n) is 8.65. The zero-order valence-corrected chi connectivity index (χ0v) is 31.7. The summed E-state index contributed by atoms with van der Waals surface area (Å²) in [7, 11) is 0. The summed E-state index contributed by atoms with van der Waals surface area (Å²) in [5.41, 5.74) is 14.2. The Labute approximate surface area is 337 Å². The minimum absolute atomic E-state index is 0.885. The number of nitrogens with zero attached hydrogens (tertiary/aromatic N) is 1. The lowest BCUT2D eigenvalue weighted by Gasteiger charge is -2.29. The van der Waals surface area contributed by atoms with E-state index in [0.717, 1.165) is 61.1 Å². The molecule has 11 aromatic rings. The molecule has 10 aromatic carbocycles. The first-order valence-corrected chi connectivity index (χ1v) is 19.8. The zero-order valence-electron chi connectivity index (χ0n) is 31.7. The van der Waals surface area contributed by atoms with Gasteiger partial charge in [0.2, 0.25) is 0 Å². The number of hydrogen-bond donors (Lipinski definition) is 0. The number of fused-ring (bicyclic) bond motifs is 6. The summed E-state index contributed by atoms with van der Waals surface area (Å²) in [5, 5.41) is 6.98. The molecule has 0 amide bonds. The highest BCUT2D eigenvalue weighted by Gasteiger charge is 2.22. The first kappa shape index (κ1) is 33.6. The van der Waals surface area contributed by atoms with E-state index >= 15 is 0 Å². The Kier molecular flexibility index (Phi) is 8.19. The Balaban J connectivity index is 1.15. The van der Waals surface area contributed by atoms with Crippen LogP contribution in [0.15, 0.2) is 229 Å². The molecule has 0 radical (unpaired) electrons. The second kappa shape index (κ2) is 14.1. The van der Waals surface area contributed by atoms with Crippen molar-refractivity contribution in [1.82, 2.24) is 0 Å². The molecule has 0 aliphatic heterocycles. The third kappa shape index (κ3) is 5.82. The second-order valence-electron chi connectivity index (χ2n) is 14.9. The maximum absolute atomic E-state index is 6.93. The number of para-hydroxylation sites is 2. The summed E-state index contributed by atoms with van der Waals surface area (Å²) in [4.78, 5) is 2.41. The van der Waals surface area contributed by atoms with E-state index in [4.69, 9.17) is 4.42 Å². The lowest BCUT2D eigenvalue weighted by Crippen LogP contribution is -2.11. The summed E-state index contributed by atoms with van der Waals surface area (Å²) in [6.45, 7) is 0. The van der Waals surface area contributed by atoms with Crippen molar-refractivity contribution in [3.05, 3.63) is 224 Å². The lowest BCUT2D eigenvalue weighted by molar-refractivity contribution is 0.674. The monoisotopic (exact) mass is 739 g/mol. The Morgan fingerprint density at radius 2 is 0.862 bits per heavy atom. The fourth-order valence-corrected chi connectivity index (χ4v) is 8.65. The van der Waals surface area contributed by atoms with E-state index in [-0.39, 0.29) is 0 Å². The largest absolute Gasteiger partial charge is 0.455 e. The highest BCUT2D eigenvalue weighted by Crippen LogP contribution is 2.47. The number of furan rings is 1. The van der Waals surface area contributed by atoms with Crippen LogP contribution in [0, 0.1) is 0 Å². The van der Waals surface area contributed by atoms with Gasteiger partial charge in [0.05, 0.1) is 5.69 Å². The van der Waals surface area contributed by atoms with Crippen LogP contribution in [0.1, 0.15) is 0 Å². The Hall–Kier alpha value is -7.68. The van der Waals surface area contributed by atoms with Crippen molar-refractivity contribution in [3.8, 4) is 44.5 Å². The van der Waals surface area contributed by atoms with E-state index in [2.05, 4.69) is 229 Å². The van der Waals surface area contributed by atoms with Crippen LogP contribution in [0.5, 0.6) is 0 Å². The SMILES string of the molecule is c1ccc(-c2ccc(N(c3cccc(-c4ccc5ccccc5c4)c3)c3ccccc3-c3cccc4c3oc3c5ccccc5ccc43)cc2-c2ccccc2)cc1. The van der Waals surface area contributed by atoms with Crippen molar-refractivity contribution in [2.45, 2.75) is 0 Å². The van der Waals surface area contributed by atoms with Gasteiger partial charge in [0, 0.05) is 38.7 Å². The van der Waals surface area contributed by atoms with E-state index in [9.17, 15) is 0 Å². The van der Waals surface area contributed by atoms with Gasteiger partial charge in [-0.25, -0.2) is 0 Å². The molecule has 0 aliphatic rings. The van der Waals surface area contributed by atoms with Crippen molar-refractivity contribution in [3.63, 3.8) is 0 Å². The van der Waals surface area contributed by atoms with Gasteiger partial charge in [0.15, 0.2) is 0 Å². The van der Waals surface area contributed by atoms with Crippen molar-refractivity contribution < 1.29 is 4.42 Å². The molecule has 0 spiro atoms. The van der Waals surface area contributed by atoms with Gasteiger partial charge in [0.25, 0.3) is 0 Å². The van der Waals surface area contributed by atoms with Gasteiger partial charge in [-0.05, 0) is 92.0 Å². The van der Waals surface area contributed by atoms with Crippen LogP contribution in [0.2, 0.25) is 0 Å². The number of benzene rings is 10. The van der Waals surface area contributed by atoms with Gasteiger partial charge in [0.1, 0.15) is 11.2 Å². The van der Waals surface area contributed by atoms with Crippen LogP contribution >= 0.6 is 0 Å². The molecule has 0 saturated carbocycles. The Morgan fingerprint density at radius 1 is 0.276 bits per heavy atom. The van der Waals surface area contributed by atoms with Gasteiger partial charge in [-0.15, -0.1) is 0 Å². The van der Waals surface area contributed by atoms with E-state index in [1.807, 2.05) is 0 Å². The maximum Gasteiger partial charge on any atom is 0.143 e. The Bertz CT molecular complexity index is 3290. The molecule has 1 aromatic heterocycles. The van der Waals surface area contributed by atoms with Crippen LogP contribution in [0.25, 0.3) is 88.0 Å². The van der Waals surface area contributed by atoms with Crippen LogP contribution in [0.4, 0.5) is 17.1 Å². The minimum Gasteiger partial charge on any atom is -0.455 e. The van der Waals surface area contributed by atoms with E-state index < -0.39 is 0 Å². The van der Waals surface area contributed by atoms with E-state index in [1.54, 1.807) is 0 Å². The van der Waals surface area contributed by atoms with E-state index in [1.165, 1.54) is 44.0 Å². The first-order chi connectivity index (χ1) is 28.8. The molecule has 2 nitrogen and oxygen atoms in total. The normalized spacial score (nSPS) is 11.4. The van der Waals surface area contributed by atoms with Crippen molar-refractivity contribution >= 4 is 60.5 Å². The summed E-state index contributed by atoms with van der Waals surface area (Å²) >= 11 is 0. The van der Waals surface area contributed by atoms with Crippen LogP contribution in [0.3, 0.4) is 0 Å². The molecule has 2 heteroatoms. The number of hydrogen-bond acceptors (Lipinski definition) is 2. The van der Waals surface area contributed by atoms with Crippen LogP contribution < -0.4 is 4.90 Å². The fraction of sp³-hybridized carbons (Fsp3) is 0. The smallest absolute Gasteiger partial charge is 0.143 e. The van der Waals surface area contributed by atoms with Gasteiger partial charge < -0.3 is 9.32 Å². The average molecular weight is 740 g/mol. The second-order valence-corrected chi connectivity index (χ2v) is 14.9. The van der Waals surface area contributed by atoms with Crippen molar-refractivity contribution in [2.24, 2.45) is 0 Å². The minimum atomic E-state index is 0.885. The van der Waals surface area contributed by atoms with Gasteiger partial charge in [-0.2, -0.15) is 0 Å². The van der Waals surface area contributed by atoms with Crippen LogP contribution in [-0.4, -0.2) is 0 Å². The molecule has 1 heterocycles. The average Bonchev–Trinajstić information content (AvgIpc) is 3.70. The third-order valence-corrected chi connectivity index (χ3v) is 11.4. The van der Waals surface area contributed by atoms with Gasteiger partial charge >= 0.3 is 0 Å². The highest BCUT2D eigenvalue weighted by atomic mass is 16.3. The molecule has 0 unspecified atom stereocenters. The maximum atomic E-state index is 6.93. The Morgan fingerprint density at radius 3 is 1.71 bits per heavy atom. The van der Waals surface area contributed by atoms with E-state index in [0.29, 0.717) is 0 Å². The van der Waals surface area contributed by atoms with Gasteiger partial charge in [-0.1, -0.05) is 182 Å². The molecule has 272 valence electrons. The van der Waals surface area contributed by atoms with Crippen molar-refractivity contribution in [1.29, 1.82) is 0 Å². The standard InChI is InChI=1S/C56H37NO/c1-3-16-39(17-4-1)47-34-32-46(37-53(47)40-18-5-2-6-19-40)57(45-23-13-22-43(36-45)44-30-29-38-15-7-8-21-42(38)35-44)54-28-12-11-25-49(54)50-26-14-27-51-52-33-31-41-20-9-10-24-48(41)55(52)58-56(50)51/h1-37H. The molecule has 0 saturated heterocycles. The predicted octanol–water partition coefficient (Wildman–Crippen LogP) is 16.0. The quantitative estimate of drug-likeness (QED) is 0.162. The highest BCUT2D eigenvalue weighted by molar-refractivity contribution is 6.17. The summed E-state index contributed by atoms with van der Waals surface area (Å²) in [6.07, 6.45) is 0. The van der Waals surface area contributed by atoms with Crippen LogP contribution in [-0.2, 0) is 0 Å². The molecular formula is C56H37NO. The first-order valence-electron chi connectivity index (χ1n) is 19.8. The lowest BCUT2D eigenvalue weighted by atomic mass is 9.93. The molecule has 58 heavy (non-hydrogen) atoms.